The second-order valence-corrected chi connectivity index (χ2v) is 2.77. The molecule has 0 aliphatic rings. The van der Waals surface area contributed by atoms with E-state index < -0.39 is 35.9 Å². The number of hydrogen-bond acceptors (Lipinski definition) is 1. The highest BCUT2D eigenvalue weighted by Crippen LogP contribution is 2.39. The Morgan fingerprint density at radius 2 is 1.24 bits per heavy atom. The van der Waals surface area contributed by atoms with Crippen molar-refractivity contribution in [1.29, 1.82) is 0 Å². The first-order valence-electron chi connectivity index (χ1n) is 3.47. The van der Waals surface area contributed by atoms with Crippen LogP contribution >= 0.6 is 11.6 Å². The highest BCUT2D eigenvalue weighted by atomic mass is 35.5. The van der Waals surface area contributed by atoms with E-state index in [0.717, 1.165) is 0 Å². The monoisotopic (exact) mass is 296 g/mol. The van der Waals surface area contributed by atoms with Gasteiger partial charge >= 0.3 is 18.5 Å². The highest BCUT2D eigenvalue weighted by molar-refractivity contribution is 6.25. The average molecular weight is 297 g/mol. The van der Waals surface area contributed by atoms with Crippen LogP contribution in [0.3, 0.4) is 0 Å². The quantitative estimate of drug-likeness (QED) is 0.550. The van der Waals surface area contributed by atoms with E-state index in [1.807, 2.05) is 0 Å². The molecule has 0 fully saturated rings. The van der Waals surface area contributed by atoms with E-state index >= 15 is 0 Å². The number of ether oxygens (including phenoxy) is 1. The van der Waals surface area contributed by atoms with Gasteiger partial charge in [-0.2, -0.15) is 39.5 Å². The highest BCUT2D eigenvalue weighted by Gasteiger charge is 2.60. The molecule has 0 aliphatic carbocycles. The normalized spacial score (nSPS) is 15.4. The van der Waals surface area contributed by atoms with Crippen molar-refractivity contribution in [2.45, 2.75) is 24.6 Å². The Morgan fingerprint density at radius 1 is 0.882 bits per heavy atom. The lowest BCUT2D eigenvalue weighted by molar-refractivity contribution is -0.321. The molecule has 0 saturated heterocycles. The minimum absolute atomic E-state index is 0.551. The lowest BCUT2D eigenvalue weighted by atomic mass is 10.3. The third-order valence-corrected chi connectivity index (χ3v) is 1.42. The van der Waals surface area contributed by atoms with Crippen LogP contribution in [0.25, 0.3) is 0 Å². The molecule has 11 heteroatoms. The first kappa shape index (κ1) is 16.2. The van der Waals surface area contributed by atoms with Gasteiger partial charge in [-0.15, -0.1) is 0 Å². The fourth-order valence-corrected chi connectivity index (χ4v) is 0.776. The molecule has 0 aromatic heterocycles. The van der Waals surface area contributed by atoms with E-state index in [4.69, 9.17) is 0 Å². The van der Waals surface area contributed by atoms with Gasteiger partial charge in [0.1, 0.15) is 0 Å². The Hall–Kier alpha value is -0.800. The summed E-state index contributed by atoms with van der Waals surface area (Å²) >= 11 is 4.45. The van der Waals surface area contributed by atoms with Crippen molar-refractivity contribution < 1.29 is 44.3 Å². The van der Waals surface area contributed by atoms with Gasteiger partial charge in [0, 0.05) is 0 Å². The van der Waals surface area contributed by atoms with Crippen LogP contribution in [0, 0.1) is 0 Å². The zero-order valence-electron chi connectivity index (χ0n) is 7.34. The molecule has 0 N–H and O–H groups in total. The summed E-state index contributed by atoms with van der Waals surface area (Å²) in [5.74, 6) is -2.58. The molecular weight excluding hydrogens is 294 g/mol. The van der Waals surface area contributed by atoms with E-state index in [1.54, 1.807) is 0 Å². The largest absolute Gasteiger partial charge is 0.465 e. The van der Waals surface area contributed by atoms with Crippen molar-refractivity contribution in [3.63, 3.8) is 0 Å². The van der Waals surface area contributed by atoms with Crippen LogP contribution in [-0.4, -0.2) is 24.6 Å². The molecule has 0 rings (SSSR count). The maximum atomic E-state index is 11.8. The van der Waals surface area contributed by atoms with Crippen LogP contribution in [0.5, 0.6) is 0 Å². The van der Waals surface area contributed by atoms with E-state index in [1.165, 1.54) is 0 Å². The van der Waals surface area contributed by atoms with Gasteiger partial charge in [0.25, 0.3) is 6.10 Å². The summed E-state index contributed by atoms with van der Waals surface area (Å²) in [6.07, 6.45) is -22.2. The summed E-state index contributed by atoms with van der Waals surface area (Å²) in [7, 11) is 0. The third kappa shape index (κ3) is 4.92. The van der Waals surface area contributed by atoms with Gasteiger partial charge in [0.15, 0.2) is 0 Å². The van der Waals surface area contributed by atoms with Crippen LogP contribution in [0.2, 0.25) is 0 Å². The summed E-state index contributed by atoms with van der Waals surface area (Å²) in [4.78, 5) is 0. The van der Waals surface area contributed by atoms with Gasteiger partial charge in [-0.3, -0.25) is 0 Å². The SMILES string of the molecule is FC(F)(F)/C(=C/Cl)OC(C(F)(F)F)C(F)(F)F. The summed E-state index contributed by atoms with van der Waals surface area (Å²) in [5, 5.41) is 0. The zero-order valence-corrected chi connectivity index (χ0v) is 8.10. The summed E-state index contributed by atoms with van der Waals surface area (Å²) in [6.45, 7) is 0. The van der Waals surface area contributed by atoms with Gasteiger partial charge < -0.3 is 4.74 Å². The van der Waals surface area contributed by atoms with Gasteiger partial charge in [0.2, 0.25) is 5.76 Å². The summed E-state index contributed by atoms with van der Waals surface area (Å²) in [6, 6.07) is 0. The molecule has 1 nitrogen and oxygen atoms in total. The molecule has 0 aliphatic heterocycles. The van der Waals surface area contributed by atoms with Crippen molar-refractivity contribution >= 4 is 11.6 Å². The number of alkyl halides is 9. The molecule has 0 radical (unpaired) electrons. The fraction of sp³-hybridized carbons (Fsp3) is 0.667. The predicted octanol–water partition coefficient (Wildman–Crippen LogP) is 4.14. The van der Waals surface area contributed by atoms with Crippen molar-refractivity contribution in [2.75, 3.05) is 0 Å². The number of hydrogen-bond donors (Lipinski definition) is 0. The number of halogens is 10. The standard InChI is InChI=1S/C6H2ClF9O/c7-1-2(4(8,9)10)17-3(5(11,12)13)6(14,15)16/h1,3H/b2-1-. The Bertz CT molecular complexity index is 271. The lowest BCUT2D eigenvalue weighted by Gasteiger charge is -2.25. The molecule has 0 bridgehead atoms. The molecule has 0 aromatic carbocycles. The molecule has 0 atom stereocenters. The number of allylic oxidation sites excluding steroid dienone is 1. The molecule has 0 unspecified atom stereocenters. The molecule has 0 saturated carbocycles. The van der Waals surface area contributed by atoms with Gasteiger partial charge in [-0.1, -0.05) is 11.6 Å². The molecule has 0 amide bonds. The number of rotatable bonds is 2. The molecule has 102 valence electrons. The Balaban J connectivity index is 5.16. The fourth-order valence-electron chi connectivity index (χ4n) is 0.601. The first-order valence-corrected chi connectivity index (χ1v) is 3.91. The van der Waals surface area contributed by atoms with Crippen LogP contribution in [0.15, 0.2) is 11.3 Å². The second kappa shape index (κ2) is 4.83. The van der Waals surface area contributed by atoms with Gasteiger partial charge in [-0.05, 0) is 0 Å². The van der Waals surface area contributed by atoms with Gasteiger partial charge in [-0.25, -0.2) is 0 Å². The van der Waals surface area contributed by atoms with Crippen LogP contribution in [0.1, 0.15) is 0 Å². The molecular formula is C6H2ClF9O. The smallest absolute Gasteiger partial charge is 0.449 e. The first-order chi connectivity index (χ1) is 7.30. The van der Waals surface area contributed by atoms with Gasteiger partial charge in [0.05, 0.1) is 5.54 Å². The average Bonchev–Trinajstić information content (AvgIpc) is 1.97. The molecule has 0 heterocycles. The molecule has 0 aromatic rings. The predicted molar refractivity (Wildman–Crippen MR) is 37.0 cm³/mol. The van der Waals surface area contributed by atoms with Crippen molar-refractivity contribution in [1.82, 2.24) is 0 Å². The van der Waals surface area contributed by atoms with E-state index in [0.29, 0.717) is 0 Å². The van der Waals surface area contributed by atoms with Crippen molar-refractivity contribution in [2.24, 2.45) is 0 Å². The Labute approximate surface area is 92.8 Å². The molecule has 0 spiro atoms. The second-order valence-electron chi connectivity index (χ2n) is 2.55. The minimum atomic E-state index is -6.05. The maximum Gasteiger partial charge on any atom is 0.449 e. The lowest BCUT2D eigenvalue weighted by Crippen LogP contribution is -2.45. The van der Waals surface area contributed by atoms with Crippen LogP contribution in [-0.2, 0) is 4.74 Å². The Kier molecular flexibility index (Phi) is 4.60. The van der Waals surface area contributed by atoms with Crippen LogP contribution in [0.4, 0.5) is 39.5 Å². The van der Waals surface area contributed by atoms with E-state index in [-0.39, 0.29) is 0 Å². The van der Waals surface area contributed by atoms with Crippen molar-refractivity contribution in [3.8, 4) is 0 Å². The summed E-state index contributed by atoms with van der Waals surface area (Å²) < 4.78 is 109. The summed E-state index contributed by atoms with van der Waals surface area (Å²) in [5.41, 5.74) is -0.551. The Morgan fingerprint density at radius 3 is 1.41 bits per heavy atom. The third-order valence-electron chi connectivity index (χ3n) is 1.22. The van der Waals surface area contributed by atoms with E-state index in [9.17, 15) is 39.5 Å². The van der Waals surface area contributed by atoms with E-state index in [2.05, 4.69) is 16.3 Å². The van der Waals surface area contributed by atoms with Crippen molar-refractivity contribution in [3.05, 3.63) is 11.3 Å². The topological polar surface area (TPSA) is 9.23 Å². The minimum Gasteiger partial charge on any atom is -0.465 e. The van der Waals surface area contributed by atoms with Crippen LogP contribution < -0.4 is 0 Å². The maximum absolute atomic E-state index is 11.8. The zero-order chi connectivity index (χ0) is 14.1. The molecule has 17 heavy (non-hydrogen) atoms.